The molecule has 0 atom stereocenters. The van der Waals surface area contributed by atoms with Crippen LogP contribution in [0.2, 0.25) is 5.28 Å². The first-order valence-electron chi connectivity index (χ1n) is 3.98. The van der Waals surface area contributed by atoms with Crippen molar-refractivity contribution in [3.8, 4) is 5.88 Å². The van der Waals surface area contributed by atoms with Gasteiger partial charge < -0.3 is 9.15 Å². The Morgan fingerprint density at radius 2 is 2.36 bits per heavy atom. The zero-order valence-electron chi connectivity index (χ0n) is 7.18. The molecule has 72 valence electrons. The van der Waals surface area contributed by atoms with E-state index in [0.29, 0.717) is 12.5 Å². The van der Waals surface area contributed by atoms with Crippen LogP contribution in [-0.2, 0) is 6.61 Å². The third kappa shape index (κ3) is 2.23. The van der Waals surface area contributed by atoms with Crippen LogP contribution < -0.4 is 4.74 Å². The lowest BCUT2D eigenvalue weighted by molar-refractivity contribution is 0.260. The molecule has 2 aromatic rings. The standard InChI is InChI=1S/C9H7ClN2O2/c10-9-11-4-3-8(12-9)14-6-7-2-1-5-13-7/h1-5H,6H2. The number of hydrogen-bond donors (Lipinski definition) is 0. The van der Waals surface area contributed by atoms with Gasteiger partial charge in [-0.3, -0.25) is 0 Å². The number of hydrogen-bond acceptors (Lipinski definition) is 4. The van der Waals surface area contributed by atoms with Crippen molar-refractivity contribution in [3.05, 3.63) is 41.7 Å². The molecule has 0 aromatic carbocycles. The highest BCUT2D eigenvalue weighted by atomic mass is 35.5. The molecule has 14 heavy (non-hydrogen) atoms. The maximum absolute atomic E-state index is 5.58. The van der Waals surface area contributed by atoms with E-state index in [2.05, 4.69) is 9.97 Å². The molecule has 2 heterocycles. The summed E-state index contributed by atoms with van der Waals surface area (Å²) in [7, 11) is 0. The van der Waals surface area contributed by atoms with E-state index in [1.807, 2.05) is 6.07 Å². The van der Waals surface area contributed by atoms with Gasteiger partial charge in [-0.05, 0) is 23.7 Å². The molecule has 0 aliphatic carbocycles. The van der Waals surface area contributed by atoms with Crippen LogP contribution in [0.5, 0.6) is 5.88 Å². The quantitative estimate of drug-likeness (QED) is 0.730. The Morgan fingerprint density at radius 1 is 1.43 bits per heavy atom. The average Bonchev–Trinajstić information content (AvgIpc) is 2.67. The SMILES string of the molecule is Clc1nccc(OCc2ccco2)n1. The van der Waals surface area contributed by atoms with E-state index in [0.717, 1.165) is 5.76 Å². The van der Waals surface area contributed by atoms with Crippen molar-refractivity contribution >= 4 is 11.6 Å². The minimum Gasteiger partial charge on any atom is -0.469 e. The average molecular weight is 211 g/mol. The number of furan rings is 1. The summed E-state index contributed by atoms with van der Waals surface area (Å²) >= 11 is 5.58. The van der Waals surface area contributed by atoms with Gasteiger partial charge in [0.15, 0.2) is 0 Å². The van der Waals surface area contributed by atoms with Crippen molar-refractivity contribution < 1.29 is 9.15 Å². The van der Waals surface area contributed by atoms with Gasteiger partial charge in [0.1, 0.15) is 12.4 Å². The molecule has 0 radical (unpaired) electrons. The topological polar surface area (TPSA) is 48.2 Å². The van der Waals surface area contributed by atoms with Crippen LogP contribution in [0.1, 0.15) is 5.76 Å². The first-order valence-corrected chi connectivity index (χ1v) is 4.36. The predicted octanol–water partition coefficient (Wildman–Crippen LogP) is 2.30. The van der Waals surface area contributed by atoms with Gasteiger partial charge in [0, 0.05) is 12.3 Å². The molecule has 0 N–H and O–H groups in total. The minimum absolute atomic E-state index is 0.168. The molecule has 0 aliphatic rings. The smallest absolute Gasteiger partial charge is 0.225 e. The van der Waals surface area contributed by atoms with Crippen molar-refractivity contribution in [1.29, 1.82) is 0 Å². The van der Waals surface area contributed by atoms with Gasteiger partial charge in [-0.2, -0.15) is 4.98 Å². The molecule has 5 heteroatoms. The number of nitrogens with zero attached hydrogens (tertiary/aromatic N) is 2. The Hall–Kier alpha value is -1.55. The Morgan fingerprint density at radius 3 is 3.07 bits per heavy atom. The number of halogens is 1. The van der Waals surface area contributed by atoms with Crippen LogP contribution in [0.25, 0.3) is 0 Å². The first-order chi connectivity index (χ1) is 6.84. The van der Waals surface area contributed by atoms with Gasteiger partial charge in [-0.25, -0.2) is 4.98 Å². The molecule has 0 saturated carbocycles. The van der Waals surface area contributed by atoms with Crippen LogP contribution in [0.15, 0.2) is 35.1 Å². The summed E-state index contributed by atoms with van der Waals surface area (Å²) in [6, 6.07) is 5.25. The summed E-state index contributed by atoms with van der Waals surface area (Å²) < 4.78 is 10.4. The molecule has 4 nitrogen and oxygen atoms in total. The van der Waals surface area contributed by atoms with Crippen LogP contribution in [0.3, 0.4) is 0 Å². The van der Waals surface area contributed by atoms with E-state index in [-0.39, 0.29) is 5.28 Å². The van der Waals surface area contributed by atoms with Crippen LogP contribution >= 0.6 is 11.6 Å². The fourth-order valence-electron chi connectivity index (χ4n) is 0.940. The highest BCUT2D eigenvalue weighted by molar-refractivity contribution is 6.28. The van der Waals surface area contributed by atoms with Gasteiger partial charge in [-0.15, -0.1) is 0 Å². The number of rotatable bonds is 3. The summed E-state index contributed by atoms with van der Waals surface area (Å²) in [5, 5.41) is 0.168. The Balaban J connectivity index is 1.98. The molecular weight excluding hydrogens is 204 g/mol. The maximum Gasteiger partial charge on any atom is 0.225 e. The van der Waals surface area contributed by atoms with Crippen LogP contribution in [0.4, 0.5) is 0 Å². The highest BCUT2D eigenvalue weighted by Crippen LogP contribution is 2.11. The summed E-state index contributed by atoms with van der Waals surface area (Å²) in [6.07, 6.45) is 3.12. The summed E-state index contributed by atoms with van der Waals surface area (Å²) in [4.78, 5) is 7.60. The first kappa shape index (κ1) is 9.02. The second kappa shape index (κ2) is 4.11. The number of ether oxygens (including phenoxy) is 1. The van der Waals surface area contributed by atoms with Gasteiger partial charge in [0.05, 0.1) is 6.26 Å². The molecule has 0 saturated heterocycles. The Bertz CT molecular complexity index is 403. The third-order valence-corrected chi connectivity index (χ3v) is 1.73. The molecule has 0 unspecified atom stereocenters. The van der Waals surface area contributed by atoms with E-state index in [1.165, 1.54) is 6.20 Å². The van der Waals surface area contributed by atoms with E-state index in [4.69, 9.17) is 20.8 Å². The lowest BCUT2D eigenvalue weighted by Gasteiger charge is -2.01. The molecule has 0 spiro atoms. The van der Waals surface area contributed by atoms with Gasteiger partial charge >= 0.3 is 0 Å². The van der Waals surface area contributed by atoms with Crippen molar-refractivity contribution in [2.24, 2.45) is 0 Å². The lowest BCUT2D eigenvalue weighted by atomic mass is 10.5. The maximum atomic E-state index is 5.58. The zero-order valence-corrected chi connectivity index (χ0v) is 7.94. The monoisotopic (exact) mass is 210 g/mol. The van der Waals surface area contributed by atoms with Gasteiger partial charge in [0.2, 0.25) is 11.2 Å². The molecule has 0 fully saturated rings. The van der Waals surface area contributed by atoms with E-state index < -0.39 is 0 Å². The van der Waals surface area contributed by atoms with Crippen LogP contribution in [0, 0.1) is 0 Å². The largest absolute Gasteiger partial charge is 0.469 e. The molecule has 2 rings (SSSR count). The summed E-state index contributed by atoms with van der Waals surface area (Å²) in [5.74, 6) is 1.17. The Labute approximate surface area is 85.5 Å². The van der Waals surface area contributed by atoms with E-state index in [9.17, 15) is 0 Å². The fourth-order valence-corrected chi connectivity index (χ4v) is 1.08. The van der Waals surface area contributed by atoms with Crippen molar-refractivity contribution in [2.75, 3.05) is 0 Å². The second-order valence-electron chi connectivity index (χ2n) is 2.53. The van der Waals surface area contributed by atoms with Gasteiger partial charge in [-0.1, -0.05) is 0 Å². The van der Waals surface area contributed by atoms with Crippen molar-refractivity contribution in [1.82, 2.24) is 9.97 Å². The fraction of sp³-hybridized carbons (Fsp3) is 0.111. The van der Waals surface area contributed by atoms with Crippen molar-refractivity contribution in [3.63, 3.8) is 0 Å². The number of aromatic nitrogens is 2. The minimum atomic E-state index is 0.168. The molecule has 0 bridgehead atoms. The summed E-state index contributed by atoms with van der Waals surface area (Å²) in [6.45, 7) is 0.334. The van der Waals surface area contributed by atoms with Gasteiger partial charge in [0.25, 0.3) is 0 Å². The second-order valence-corrected chi connectivity index (χ2v) is 2.87. The summed E-state index contributed by atoms with van der Waals surface area (Å²) in [5.41, 5.74) is 0. The molecule has 0 amide bonds. The predicted molar refractivity (Wildman–Crippen MR) is 50.1 cm³/mol. The normalized spacial score (nSPS) is 10.1. The van der Waals surface area contributed by atoms with E-state index >= 15 is 0 Å². The van der Waals surface area contributed by atoms with E-state index in [1.54, 1.807) is 18.4 Å². The lowest BCUT2D eigenvalue weighted by Crippen LogP contribution is -1.96. The molecular formula is C9H7ClN2O2. The van der Waals surface area contributed by atoms with Crippen LogP contribution in [-0.4, -0.2) is 9.97 Å². The highest BCUT2D eigenvalue weighted by Gasteiger charge is 1.99. The van der Waals surface area contributed by atoms with Crippen molar-refractivity contribution in [2.45, 2.75) is 6.61 Å². The zero-order chi connectivity index (χ0) is 9.80. The third-order valence-electron chi connectivity index (χ3n) is 1.54. The molecule has 0 aliphatic heterocycles. The molecule has 2 aromatic heterocycles. The Kier molecular flexibility index (Phi) is 2.65.